The van der Waals surface area contributed by atoms with Crippen molar-refractivity contribution >= 4 is 47.7 Å². The zero-order valence-electron chi connectivity index (χ0n) is 12.1. The van der Waals surface area contributed by atoms with Crippen LogP contribution in [0.5, 0.6) is 0 Å². The number of rotatable bonds is 7. The monoisotopic (exact) mass is 351 g/mol. The molecule has 0 saturated heterocycles. The van der Waals surface area contributed by atoms with Gasteiger partial charge in [-0.3, -0.25) is 0 Å². The molecule has 0 bridgehead atoms. The van der Waals surface area contributed by atoms with Crippen LogP contribution in [0, 0.1) is 0 Å². The van der Waals surface area contributed by atoms with Crippen molar-refractivity contribution in [1.82, 2.24) is 4.90 Å². The topological polar surface area (TPSA) is 29.5 Å². The lowest BCUT2D eigenvalue weighted by molar-refractivity contribution is -0.138. The predicted octanol–water partition coefficient (Wildman–Crippen LogP) is 4.31. The molecule has 0 radical (unpaired) electrons. The van der Waals surface area contributed by atoms with Crippen LogP contribution in [0.2, 0.25) is 10.0 Å². The van der Waals surface area contributed by atoms with Gasteiger partial charge in [0.15, 0.2) is 0 Å². The molecular formula is C15H20Cl3NO2. The molecule has 0 N–H and O–H groups in total. The highest BCUT2D eigenvalue weighted by Gasteiger charge is 2.02. The molecule has 1 aromatic carbocycles. The Hall–Kier alpha value is -0.740. The Bertz CT molecular complexity index is 474. The van der Waals surface area contributed by atoms with Crippen molar-refractivity contribution in [2.24, 2.45) is 0 Å². The van der Waals surface area contributed by atoms with E-state index >= 15 is 0 Å². The summed E-state index contributed by atoms with van der Waals surface area (Å²) in [6.07, 6.45) is 3.00. The van der Waals surface area contributed by atoms with Gasteiger partial charge in [0.2, 0.25) is 0 Å². The van der Waals surface area contributed by atoms with Crippen molar-refractivity contribution in [3.63, 3.8) is 0 Å². The third-order valence-electron chi connectivity index (χ3n) is 2.91. The van der Waals surface area contributed by atoms with Crippen LogP contribution in [0.1, 0.15) is 19.4 Å². The standard InChI is InChI=1S/C15H19Cl2NO2.ClH/c1-3-18(4-2)9-10-20-15(19)8-6-12-5-7-13(16)11-14(12)17;/h5-8,11H,3-4,9-10H2,1-2H3;1H. The van der Waals surface area contributed by atoms with Crippen molar-refractivity contribution in [3.05, 3.63) is 39.9 Å². The van der Waals surface area contributed by atoms with Gasteiger partial charge in [0.05, 0.1) is 0 Å². The van der Waals surface area contributed by atoms with E-state index in [1.165, 1.54) is 6.08 Å². The summed E-state index contributed by atoms with van der Waals surface area (Å²) >= 11 is 11.8. The lowest BCUT2D eigenvalue weighted by atomic mass is 10.2. The molecule has 0 aromatic heterocycles. The molecule has 0 spiro atoms. The molecule has 0 atom stereocenters. The number of likely N-dealkylation sites (N-methyl/N-ethyl adjacent to an activating group) is 1. The van der Waals surface area contributed by atoms with Gasteiger partial charge in [-0.1, -0.05) is 43.1 Å². The highest BCUT2D eigenvalue weighted by atomic mass is 35.5. The lowest BCUT2D eigenvalue weighted by Crippen LogP contribution is -2.27. The third-order valence-corrected chi connectivity index (χ3v) is 3.47. The van der Waals surface area contributed by atoms with Crippen molar-refractivity contribution < 1.29 is 9.53 Å². The lowest BCUT2D eigenvalue weighted by Gasteiger charge is -2.16. The predicted molar refractivity (Wildman–Crippen MR) is 91.5 cm³/mol. The Morgan fingerprint density at radius 3 is 2.52 bits per heavy atom. The molecular weight excluding hydrogens is 333 g/mol. The van der Waals surface area contributed by atoms with Crippen LogP contribution < -0.4 is 0 Å². The summed E-state index contributed by atoms with van der Waals surface area (Å²) in [5, 5.41) is 1.07. The summed E-state index contributed by atoms with van der Waals surface area (Å²) < 4.78 is 5.12. The second kappa shape index (κ2) is 10.9. The van der Waals surface area contributed by atoms with Crippen LogP contribution in [0.3, 0.4) is 0 Å². The fourth-order valence-electron chi connectivity index (χ4n) is 1.66. The van der Waals surface area contributed by atoms with Gasteiger partial charge >= 0.3 is 5.97 Å². The first-order chi connectivity index (χ1) is 9.56. The largest absolute Gasteiger partial charge is 0.461 e. The van der Waals surface area contributed by atoms with E-state index in [0.29, 0.717) is 16.7 Å². The third kappa shape index (κ3) is 7.72. The minimum Gasteiger partial charge on any atom is -0.461 e. The molecule has 3 nitrogen and oxygen atoms in total. The average molecular weight is 353 g/mol. The van der Waals surface area contributed by atoms with E-state index in [1.807, 2.05) is 0 Å². The van der Waals surface area contributed by atoms with Gasteiger partial charge in [0.1, 0.15) is 6.61 Å². The molecule has 6 heteroatoms. The highest BCUT2D eigenvalue weighted by Crippen LogP contribution is 2.21. The maximum Gasteiger partial charge on any atom is 0.330 e. The number of halogens is 3. The Morgan fingerprint density at radius 2 is 1.95 bits per heavy atom. The fraction of sp³-hybridized carbons (Fsp3) is 0.400. The van der Waals surface area contributed by atoms with Gasteiger partial charge < -0.3 is 9.64 Å². The molecule has 0 aliphatic rings. The van der Waals surface area contributed by atoms with Gasteiger partial charge in [0.25, 0.3) is 0 Å². The minimum absolute atomic E-state index is 0. The first-order valence-electron chi connectivity index (χ1n) is 6.59. The van der Waals surface area contributed by atoms with E-state index in [9.17, 15) is 4.79 Å². The van der Waals surface area contributed by atoms with Crippen LogP contribution in [0.15, 0.2) is 24.3 Å². The summed E-state index contributed by atoms with van der Waals surface area (Å²) in [6, 6.07) is 5.11. The van der Waals surface area contributed by atoms with Gasteiger partial charge in [-0.05, 0) is 36.9 Å². The summed E-state index contributed by atoms with van der Waals surface area (Å²) in [5.74, 6) is -0.372. The van der Waals surface area contributed by atoms with Crippen LogP contribution in [-0.2, 0) is 9.53 Å². The molecule has 1 aromatic rings. The fourth-order valence-corrected chi connectivity index (χ4v) is 2.13. The Balaban J connectivity index is 0.00000400. The van der Waals surface area contributed by atoms with Gasteiger partial charge in [0, 0.05) is 22.7 Å². The SMILES string of the molecule is CCN(CC)CCOC(=O)C=Cc1ccc(Cl)cc1Cl.Cl. The van der Waals surface area contributed by atoms with E-state index in [4.69, 9.17) is 27.9 Å². The number of ether oxygens (including phenoxy) is 1. The Morgan fingerprint density at radius 1 is 1.29 bits per heavy atom. The second-order valence-electron chi connectivity index (χ2n) is 4.19. The van der Waals surface area contributed by atoms with Crippen LogP contribution in [-0.4, -0.2) is 37.1 Å². The molecule has 0 saturated carbocycles. The van der Waals surface area contributed by atoms with E-state index in [-0.39, 0.29) is 18.4 Å². The number of carbonyl (C=O) groups excluding carboxylic acids is 1. The molecule has 21 heavy (non-hydrogen) atoms. The van der Waals surface area contributed by atoms with E-state index < -0.39 is 0 Å². The maximum absolute atomic E-state index is 11.6. The quantitative estimate of drug-likeness (QED) is 0.541. The average Bonchev–Trinajstić information content (AvgIpc) is 2.42. The molecule has 0 heterocycles. The van der Waals surface area contributed by atoms with Crippen molar-refractivity contribution in [2.45, 2.75) is 13.8 Å². The normalized spacial score (nSPS) is 10.7. The summed E-state index contributed by atoms with van der Waals surface area (Å²) in [7, 11) is 0. The van der Waals surface area contributed by atoms with Crippen molar-refractivity contribution in [1.29, 1.82) is 0 Å². The van der Waals surface area contributed by atoms with Crippen LogP contribution >= 0.6 is 35.6 Å². The van der Waals surface area contributed by atoms with E-state index in [0.717, 1.165) is 25.2 Å². The van der Waals surface area contributed by atoms with E-state index in [1.54, 1.807) is 24.3 Å². The molecule has 0 aliphatic heterocycles. The summed E-state index contributed by atoms with van der Waals surface area (Å²) in [6.45, 7) is 7.18. The minimum atomic E-state index is -0.372. The maximum atomic E-state index is 11.6. The molecule has 0 amide bonds. The highest BCUT2D eigenvalue weighted by molar-refractivity contribution is 6.35. The van der Waals surface area contributed by atoms with Crippen LogP contribution in [0.4, 0.5) is 0 Å². The molecule has 0 aliphatic carbocycles. The van der Waals surface area contributed by atoms with Crippen molar-refractivity contribution in [2.75, 3.05) is 26.2 Å². The number of benzene rings is 1. The zero-order valence-corrected chi connectivity index (χ0v) is 14.5. The number of hydrogen-bond donors (Lipinski definition) is 0. The van der Waals surface area contributed by atoms with Gasteiger partial charge in [-0.2, -0.15) is 0 Å². The first-order valence-corrected chi connectivity index (χ1v) is 7.34. The summed E-state index contributed by atoms with van der Waals surface area (Å²) in [5.41, 5.74) is 0.733. The number of carbonyl (C=O) groups is 1. The Labute approximate surface area is 142 Å². The van der Waals surface area contributed by atoms with E-state index in [2.05, 4.69) is 18.7 Å². The van der Waals surface area contributed by atoms with Crippen molar-refractivity contribution in [3.8, 4) is 0 Å². The molecule has 1 rings (SSSR count). The Kier molecular flexibility index (Phi) is 10.5. The summed E-state index contributed by atoms with van der Waals surface area (Å²) in [4.78, 5) is 13.7. The van der Waals surface area contributed by atoms with Gasteiger partial charge in [-0.15, -0.1) is 12.4 Å². The second-order valence-corrected chi connectivity index (χ2v) is 5.04. The zero-order chi connectivity index (χ0) is 15.0. The number of esters is 1. The smallest absolute Gasteiger partial charge is 0.330 e. The molecule has 0 fully saturated rings. The first kappa shape index (κ1) is 20.3. The van der Waals surface area contributed by atoms with Crippen LogP contribution in [0.25, 0.3) is 6.08 Å². The number of nitrogens with zero attached hydrogens (tertiary/aromatic N) is 1. The van der Waals surface area contributed by atoms with Gasteiger partial charge in [-0.25, -0.2) is 4.79 Å². The number of hydrogen-bond acceptors (Lipinski definition) is 3. The molecule has 0 unspecified atom stereocenters. The molecule has 118 valence electrons.